The van der Waals surface area contributed by atoms with Crippen LogP contribution in [-0.2, 0) is 6.54 Å². The summed E-state index contributed by atoms with van der Waals surface area (Å²) in [6.45, 7) is 14.4. The Balaban J connectivity index is 2.09. The lowest BCUT2D eigenvalue weighted by Gasteiger charge is -2.14. The van der Waals surface area contributed by atoms with Crippen LogP contribution in [0.4, 0.5) is 0 Å². The summed E-state index contributed by atoms with van der Waals surface area (Å²) in [6, 6.07) is 2.05. The van der Waals surface area contributed by atoms with Gasteiger partial charge >= 0.3 is 0 Å². The number of Topliss-reactive ketones (excluding diaryl/α,β-unsaturated/α-hetero) is 1. The molecule has 0 spiro atoms. The number of rotatable bonds is 4. The van der Waals surface area contributed by atoms with E-state index in [-0.39, 0.29) is 5.78 Å². The van der Waals surface area contributed by atoms with E-state index in [1.165, 1.54) is 5.69 Å². The van der Waals surface area contributed by atoms with E-state index < -0.39 is 0 Å². The van der Waals surface area contributed by atoms with Crippen molar-refractivity contribution < 1.29 is 4.79 Å². The summed E-state index contributed by atoms with van der Waals surface area (Å²) in [7, 11) is 0. The van der Waals surface area contributed by atoms with Crippen LogP contribution >= 0.6 is 0 Å². The van der Waals surface area contributed by atoms with Crippen molar-refractivity contribution in [1.29, 1.82) is 0 Å². The summed E-state index contributed by atoms with van der Waals surface area (Å²) >= 11 is 0. The third kappa shape index (κ3) is 2.76. The zero-order valence-corrected chi connectivity index (χ0v) is 12.9. The molecule has 0 radical (unpaired) electrons. The molecule has 19 heavy (non-hydrogen) atoms. The molecule has 0 bridgehead atoms. The van der Waals surface area contributed by atoms with Crippen molar-refractivity contribution in [3.8, 4) is 0 Å². The van der Waals surface area contributed by atoms with Crippen LogP contribution in [0.2, 0.25) is 0 Å². The lowest BCUT2D eigenvalue weighted by atomic mass is 10.0. The van der Waals surface area contributed by atoms with Crippen molar-refractivity contribution in [2.24, 2.45) is 11.8 Å². The molecule has 0 aromatic carbocycles. The first-order chi connectivity index (χ1) is 8.93. The summed E-state index contributed by atoms with van der Waals surface area (Å²) in [6.07, 6.45) is 0. The van der Waals surface area contributed by atoms with Gasteiger partial charge < -0.3 is 4.57 Å². The molecule has 0 N–H and O–H groups in total. The fourth-order valence-electron chi connectivity index (χ4n) is 3.24. The fraction of sp³-hybridized carbons (Fsp3) is 0.688. The molecule has 1 aromatic heterocycles. The molecule has 2 atom stereocenters. The summed E-state index contributed by atoms with van der Waals surface area (Å²) in [5.74, 6) is 1.68. The number of aryl methyl sites for hydroxylation is 1. The van der Waals surface area contributed by atoms with Gasteiger partial charge in [0.2, 0.25) is 0 Å². The summed E-state index contributed by atoms with van der Waals surface area (Å²) in [4.78, 5) is 14.8. The highest BCUT2D eigenvalue weighted by atomic mass is 16.1. The third-order valence-corrected chi connectivity index (χ3v) is 4.62. The number of hydrogen-bond acceptors (Lipinski definition) is 2. The monoisotopic (exact) mass is 262 g/mol. The SMILES string of the molecule is CCn1c(C)cc(C(=O)CN2CC(C)C(C)C2)c1C. The molecule has 1 saturated heterocycles. The highest BCUT2D eigenvalue weighted by Gasteiger charge is 2.28. The molecule has 1 aliphatic heterocycles. The van der Waals surface area contributed by atoms with E-state index in [9.17, 15) is 4.79 Å². The van der Waals surface area contributed by atoms with Crippen molar-refractivity contribution in [3.05, 3.63) is 23.0 Å². The van der Waals surface area contributed by atoms with E-state index in [1.54, 1.807) is 0 Å². The van der Waals surface area contributed by atoms with Crippen molar-refractivity contribution in [2.45, 2.75) is 41.2 Å². The van der Waals surface area contributed by atoms with E-state index >= 15 is 0 Å². The molecule has 1 aliphatic rings. The van der Waals surface area contributed by atoms with Crippen LogP contribution in [0.1, 0.15) is 42.5 Å². The molecule has 3 nitrogen and oxygen atoms in total. The van der Waals surface area contributed by atoms with E-state index in [4.69, 9.17) is 0 Å². The van der Waals surface area contributed by atoms with Gasteiger partial charge in [0.1, 0.15) is 0 Å². The maximum Gasteiger partial charge on any atom is 0.178 e. The number of nitrogens with zero attached hydrogens (tertiary/aromatic N) is 2. The second-order valence-corrected chi connectivity index (χ2v) is 6.10. The Morgan fingerprint density at radius 1 is 1.26 bits per heavy atom. The van der Waals surface area contributed by atoms with Crippen molar-refractivity contribution in [2.75, 3.05) is 19.6 Å². The predicted octanol–water partition coefficient (Wildman–Crippen LogP) is 2.90. The van der Waals surface area contributed by atoms with Gasteiger partial charge in [-0.1, -0.05) is 13.8 Å². The second kappa shape index (κ2) is 5.49. The number of hydrogen-bond donors (Lipinski definition) is 0. The normalized spacial score (nSPS) is 24.1. The van der Waals surface area contributed by atoms with E-state index in [1.807, 2.05) is 6.07 Å². The zero-order valence-electron chi connectivity index (χ0n) is 12.9. The van der Waals surface area contributed by atoms with Gasteiger partial charge in [0, 0.05) is 36.6 Å². The van der Waals surface area contributed by atoms with Crippen molar-refractivity contribution in [1.82, 2.24) is 9.47 Å². The summed E-state index contributed by atoms with van der Waals surface area (Å²) < 4.78 is 2.21. The number of ketones is 1. The van der Waals surface area contributed by atoms with Crippen LogP contribution in [0, 0.1) is 25.7 Å². The topological polar surface area (TPSA) is 25.2 Å². The number of likely N-dealkylation sites (tertiary alicyclic amines) is 1. The zero-order chi connectivity index (χ0) is 14.2. The Bertz CT molecular complexity index is 465. The van der Waals surface area contributed by atoms with E-state index in [0.717, 1.165) is 30.9 Å². The molecule has 2 rings (SSSR count). The Labute approximate surface area is 116 Å². The van der Waals surface area contributed by atoms with Crippen LogP contribution < -0.4 is 0 Å². The first kappa shape index (κ1) is 14.3. The third-order valence-electron chi connectivity index (χ3n) is 4.62. The fourth-order valence-corrected chi connectivity index (χ4v) is 3.24. The van der Waals surface area contributed by atoms with Gasteiger partial charge in [-0.25, -0.2) is 0 Å². The minimum absolute atomic E-state index is 0.272. The Hall–Kier alpha value is -1.09. The van der Waals surface area contributed by atoms with Crippen LogP contribution in [-0.4, -0.2) is 34.9 Å². The number of aromatic nitrogens is 1. The van der Waals surface area contributed by atoms with Crippen molar-refractivity contribution in [3.63, 3.8) is 0 Å². The molecule has 1 fully saturated rings. The average Bonchev–Trinajstić information content (AvgIpc) is 2.80. The first-order valence-corrected chi connectivity index (χ1v) is 7.36. The van der Waals surface area contributed by atoms with Crippen molar-refractivity contribution >= 4 is 5.78 Å². The maximum atomic E-state index is 12.5. The maximum absolute atomic E-state index is 12.5. The Morgan fingerprint density at radius 2 is 1.84 bits per heavy atom. The molecule has 1 aromatic rings. The minimum atomic E-state index is 0.272. The van der Waals surface area contributed by atoms with Gasteiger partial charge in [-0.3, -0.25) is 9.69 Å². The molecule has 0 aliphatic carbocycles. The molecule has 106 valence electrons. The van der Waals surface area contributed by atoms with Crippen LogP contribution in [0.5, 0.6) is 0 Å². The number of carbonyl (C=O) groups excluding carboxylic acids is 1. The van der Waals surface area contributed by atoms with Gasteiger partial charge in [-0.05, 0) is 38.7 Å². The predicted molar refractivity (Wildman–Crippen MR) is 78.7 cm³/mol. The highest BCUT2D eigenvalue weighted by Crippen LogP contribution is 2.23. The largest absolute Gasteiger partial charge is 0.349 e. The smallest absolute Gasteiger partial charge is 0.178 e. The summed E-state index contributed by atoms with van der Waals surface area (Å²) in [5.41, 5.74) is 3.21. The molecule has 2 heterocycles. The lowest BCUT2D eigenvalue weighted by molar-refractivity contribution is 0.0942. The van der Waals surface area contributed by atoms with E-state index in [0.29, 0.717) is 18.4 Å². The van der Waals surface area contributed by atoms with E-state index in [2.05, 4.69) is 44.1 Å². The minimum Gasteiger partial charge on any atom is -0.349 e. The van der Waals surface area contributed by atoms with Gasteiger partial charge in [0.15, 0.2) is 5.78 Å². The average molecular weight is 262 g/mol. The Morgan fingerprint density at radius 3 is 2.32 bits per heavy atom. The lowest BCUT2D eigenvalue weighted by Crippen LogP contribution is -2.28. The number of carbonyl (C=O) groups is 1. The molecule has 2 unspecified atom stereocenters. The van der Waals surface area contributed by atoms with Crippen LogP contribution in [0.25, 0.3) is 0 Å². The molecular formula is C16H26N2O. The van der Waals surface area contributed by atoms with Gasteiger partial charge in [-0.15, -0.1) is 0 Å². The standard InChI is InChI=1S/C16H26N2O/c1-6-18-13(4)7-15(14(18)5)16(19)10-17-8-11(2)12(3)9-17/h7,11-12H,6,8-10H2,1-5H3. The Kier molecular flexibility index (Phi) is 4.14. The van der Waals surface area contributed by atoms with Crippen LogP contribution in [0.3, 0.4) is 0 Å². The first-order valence-electron chi connectivity index (χ1n) is 7.36. The highest BCUT2D eigenvalue weighted by molar-refractivity contribution is 5.99. The van der Waals surface area contributed by atoms with Gasteiger partial charge in [-0.2, -0.15) is 0 Å². The molecule has 0 saturated carbocycles. The van der Waals surface area contributed by atoms with Gasteiger partial charge in [0.25, 0.3) is 0 Å². The molecule has 0 amide bonds. The molecule has 3 heteroatoms. The van der Waals surface area contributed by atoms with Crippen LogP contribution in [0.15, 0.2) is 6.07 Å². The molecular weight excluding hydrogens is 236 g/mol. The second-order valence-electron chi connectivity index (χ2n) is 6.10. The summed E-state index contributed by atoms with van der Waals surface area (Å²) in [5, 5.41) is 0. The van der Waals surface area contributed by atoms with Gasteiger partial charge in [0.05, 0.1) is 6.54 Å². The quantitative estimate of drug-likeness (QED) is 0.780.